The minimum Gasteiger partial charge on any atom is -0.501 e. The lowest BCUT2D eigenvalue weighted by Gasteiger charge is -2.29. The molecule has 74 valence electrons. The predicted octanol–water partition coefficient (Wildman–Crippen LogP) is 1.39. The van der Waals surface area contributed by atoms with Gasteiger partial charge in [0.15, 0.2) is 0 Å². The first-order valence-corrected chi connectivity index (χ1v) is 4.46. The third kappa shape index (κ3) is 2.10. The van der Waals surface area contributed by atoms with Gasteiger partial charge in [-0.15, -0.1) is 0 Å². The molecule has 0 aromatic carbocycles. The second-order valence-electron chi connectivity index (χ2n) is 3.42. The molecule has 0 aromatic heterocycles. The van der Waals surface area contributed by atoms with E-state index >= 15 is 0 Å². The molecule has 0 bridgehead atoms. The normalized spacial score (nSPS) is 33.8. The lowest BCUT2D eigenvalue weighted by Crippen LogP contribution is -2.32. The number of methoxy groups -OCH3 is 2. The maximum absolute atomic E-state index is 10.8. The monoisotopic (exact) mass is 184 g/mol. The highest BCUT2D eigenvalue weighted by atomic mass is 16.5. The Morgan fingerprint density at radius 2 is 2.23 bits per heavy atom. The van der Waals surface area contributed by atoms with Gasteiger partial charge in [-0.2, -0.15) is 0 Å². The highest BCUT2D eigenvalue weighted by Gasteiger charge is 2.31. The molecular weight excluding hydrogens is 168 g/mol. The molecule has 0 aromatic rings. The fourth-order valence-corrected chi connectivity index (χ4v) is 1.76. The van der Waals surface area contributed by atoms with Crippen molar-refractivity contribution in [2.75, 3.05) is 14.2 Å². The van der Waals surface area contributed by atoms with Gasteiger partial charge in [0, 0.05) is 7.11 Å². The van der Waals surface area contributed by atoms with Crippen molar-refractivity contribution < 1.29 is 14.3 Å². The molecule has 0 saturated heterocycles. The third-order valence-electron chi connectivity index (χ3n) is 2.47. The number of ether oxygens (including phenoxy) is 2. The molecule has 3 atom stereocenters. The molecule has 0 fully saturated rings. The molecule has 0 aliphatic heterocycles. The molecule has 0 amide bonds. The average Bonchev–Trinajstić information content (AvgIpc) is 2.16. The fourth-order valence-electron chi connectivity index (χ4n) is 1.76. The molecule has 1 aliphatic rings. The summed E-state index contributed by atoms with van der Waals surface area (Å²) in [5, 5.41) is 0. The molecule has 0 radical (unpaired) electrons. The first-order chi connectivity index (χ1) is 6.22. The number of rotatable bonds is 3. The van der Waals surface area contributed by atoms with E-state index in [-0.39, 0.29) is 12.0 Å². The van der Waals surface area contributed by atoms with Crippen molar-refractivity contribution in [1.29, 1.82) is 0 Å². The van der Waals surface area contributed by atoms with E-state index in [4.69, 9.17) is 9.47 Å². The van der Waals surface area contributed by atoms with E-state index in [9.17, 15) is 4.79 Å². The van der Waals surface area contributed by atoms with Crippen molar-refractivity contribution in [2.24, 2.45) is 11.8 Å². The summed E-state index contributed by atoms with van der Waals surface area (Å²) in [5.74, 6) is 0.919. The van der Waals surface area contributed by atoms with Crippen molar-refractivity contribution in [3.63, 3.8) is 0 Å². The van der Waals surface area contributed by atoms with Gasteiger partial charge in [0.1, 0.15) is 12.0 Å². The van der Waals surface area contributed by atoms with E-state index in [1.165, 1.54) is 0 Å². The Balaban J connectivity index is 2.84. The van der Waals surface area contributed by atoms with E-state index in [0.717, 1.165) is 18.5 Å². The zero-order valence-electron chi connectivity index (χ0n) is 8.32. The SMILES string of the molecule is COC1=CC(C)CC(OC)C1C=O. The second kappa shape index (κ2) is 4.42. The van der Waals surface area contributed by atoms with Crippen LogP contribution in [0.15, 0.2) is 11.8 Å². The first-order valence-electron chi connectivity index (χ1n) is 4.46. The summed E-state index contributed by atoms with van der Waals surface area (Å²) in [7, 11) is 3.22. The Labute approximate surface area is 78.7 Å². The molecule has 0 saturated carbocycles. The zero-order valence-corrected chi connectivity index (χ0v) is 8.32. The van der Waals surface area contributed by atoms with Gasteiger partial charge >= 0.3 is 0 Å². The van der Waals surface area contributed by atoms with Crippen LogP contribution in [-0.2, 0) is 14.3 Å². The van der Waals surface area contributed by atoms with Gasteiger partial charge in [-0.1, -0.05) is 6.92 Å². The van der Waals surface area contributed by atoms with Gasteiger partial charge in [-0.3, -0.25) is 0 Å². The molecule has 13 heavy (non-hydrogen) atoms. The number of carbonyl (C=O) groups is 1. The van der Waals surface area contributed by atoms with Gasteiger partial charge < -0.3 is 14.3 Å². The van der Waals surface area contributed by atoms with Gasteiger partial charge in [0.25, 0.3) is 0 Å². The van der Waals surface area contributed by atoms with Crippen LogP contribution in [0.25, 0.3) is 0 Å². The summed E-state index contributed by atoms with van der Waals surface area (Å²) in [5.41, 5.74) is 0. The largest absolute Gasteiger partial charge is 0.501 e. The maximum Gasteiger partial charge on any atom is 0.133 e. The average molecular weight is 184 g/mol. The molecule has 3 unspecified atom stereocenters. The van der Waals surface area contributed by atoms with Crippen molar-refractivity contribution in [1.82, 2.24) is 0 Å². The molecule has 1 rings (SSSR count). The molecule has 3 nitrogen and oxygen atoms in total. The number of aldehydes is 1. The highest BCUT2D eigenvalue weighted by molar-refractivity contribution is 5.59. The topological polar surface area (TPSA) is 35.5 Å². The molecule has 0 N–H and O–H groups in total. The molecule has 0 spiro atoms. The Morgan fingerprint density at radius 1 is 1.54 bits per heavy atom. The van der Waals surface area contributed by atoms with E-state index in [1.54, 1.807) is 14.2 Å². The minimum atomic E-state index is -0.230. The van der Waals surface area contributed by atoms with Crippen molar-refractivity contribution >= 4 is 6.29 Å². The first kappa shape index (κ1) is 10.3. The van der Waals surface area contributed by atoms with Crippen LogP contribution in [0, 0.1) is 11.8 Å². The van der Waals surface area contributed by atoms with Crippen LogP contribution in [0.3, 0.4) is 0 Å². The van der Waals surface area contributed by atoms with Crippen LogP contribution in [0.2, 0.25) is 0 Å². The summed E-state index contributed by atoms with van der Waals surface area (Å²) < 4.78 is 10.4. The zero-order chi connectivity index (χ0) is 9.84. The van der Waals surface area contributed by atoms with Gasteiger partial charge in [0.2, 0.25) is 0 Å². The van der Waals surface area contributed by atoms with Crippen molar-refractivity contribution in [2.45, 2.75) is 19.4 Å². The Hall–Kier alpha value is -0.830. The Kier molecular flexibility index (Phi) is 3.48. The van der Waals surface area contributed by atoms with E-state index in [1.807, 2.05) is 6.08 Å². The number of carbonyl (C=O) groups excluding carboxylic acids is 1. The molecule has 1 aliphatic carbocycles. The third-order valence-corrected chi connectivity index (χ3v) is 2.47. The van der Waals surface area contributed by atoms with Crippen molar-refractivity contribution in [3.05, 3.63) is 11.8 Å². The predicted molar refractivity (Wildman–Crippen MR) is 49.2 cm³/mol. The van der Waals surface area contributed by atoms with Gasteiger partial charge in [0.05, 0.1) is 19.1 Å². The summed E-state index contributed by atoms with van der Waals surface area (Å²) in [6.45, 7) is 2.09. The number of hydrogen-bond acceptors (Lipinski definition) is 3. The molecule has 3 heteroatoms. The summed E-state index contributed by atoms with van der Waals surface area (Å²) in [6, 6.07) is 0. The highest BCUT2D eigenvalue weighted by Crippen LogP contribution is 2.29. The Morgan fingerprint density at radius 3 is 2.69 bits per heavy atom. The van der Waals surface area contributed by atoms with E-state index in [0.29, 0.717) is 5.92 Å². The lowest BCUT2D eigenvalue weighted by molar-refractivity contribution is -0.116. The van der Waals surface area contributed by atoms with Gasteiger partial charge in [-0.25, -0.2) is 0 Å². The van der Waals surface area contributed by atoms with Crippen LogP contribution >= 0.6 is 0 Å². The molecule has 0 heterocycles. The van der Waals surface area contributed by atoms with Gasteiger partial charge in [-0.05, 0) is 18.4 Å². The standard InChI is InChI=1S/C10H16O3/c1-7-4-9(12-2)8(6-11)10(5-7)13-3/h4,6-8,10H,5H2,1-3H3. The van der Waals surface area contributed by atoms with Crippen LogP contribution < -0.4 is 0 Å². The smallest absolute Gasteiger partial charge is 0.133 e. The van der Waals surface area contributed by atoms with Crippen LogP contribution in [-0.4, -0.2) is 26.6 Å². The van der Waals surface area contributed by atoms with E-state index < -0.39 is 0 Å². The fraction of sp³-hybridized carbons (Fsp3) is 0.700. The minimum absolute atomic E-state index is 0.0348. The molecular formula is C10H16O3. The Bertz CT molecular complexity index is 210. The number of hydrogen-bond donors (Lipinski definition) is 0. The van der Waals surface area contributed by atoms with Crippen LogP contribution in [0.5, 0.6) is 0 Å². The summed E-state index contributed by atoms with van der Waals surface area (Å²) in [4.78, 5) is 10.8. The quantitative estimate of drug-likeness (QED) is 0.622. The van der Waals surface area contributed by atoms with Crippen molar-refractivity contribution in [3.8, 4) is 0 Å². The maximum atomic E-state index is 10.8. The second-order valence-corrected chi connectivity index (χ2v) is 3.42. The van der Waals surface area contributed by atoms with Crippen LogP contribution in [0.4, 0.5) is 0 Å². The van der Waals surface area contributed by atoms with Crippen LogP contribution in [0.1, 0.15) is 13.3 Å². The number of allylic oxidation sites excluding steroid dienone is 1. The van der Waals surface area contributed by atoms with E-state index in [2.05, 4.69) is 6.92 Å². The lowest BCUT2D eigenvalue weighted by atomic mass is 9.86. The summed E-state index contributed by atoms with van der Waals surface area (Å²) in [6.07, 6.45) is 3.74. The summed E-state index contributed by atoms with van der Waals surface area (Å²) >= 11 is 0.